The highest BCUT2D eigenvalue weighted by Crippen LogP contribution is 2.35. The first kappa shape index (κ1) is 11.6. The molecule has 0 bridgehead atoms. The summed E-state index contributed by atoms with van der Waals surface area (Å²) in [7, 11) is 0. The number of rotatable bonds is 3. The van der Waals surface area contributed by atoms with Crippen molar-refractivity contribution in [3.8, 4) is 5.75 Å². The summed E-state index contributed by atoms with van der Waals surface area (Å²) in [6, 6.07) is 8.15. The van der Waals surface area contributed by atoms with Crippen LogP contribution in [0.4, 0.5) is 0 Å². The van der Waals surface area contributed by atoms with Gasteiger partial charge in [0.05, 0.1) is 0 Å². The van der Waals surface area contributed by atoms with Crippen LogP contribution >= 0.6 is 11.8 Å². The molecule has 1 aromatic rings. The molecule has 2 unspecified atom stereocenters. The molecule has 2 N–H and O–H groups in total. The van der Waals surface area contributed by atoms with Crippen molar-refractivity contribution in [2.75, 3.05) is 5.75 Å². The minimum atomic E-state index is 0.0401. The third-order valence-electron chi connectivity index (χ3n) is 2.59. The number of nitrogens with two attached hydrogens (primary N) is 1. The lowest BCUT2D eigenvalue weighted by molar-refractivity contribution is 0.184. The third-order valence-corrected chi connectivity index (χ3v) is 3.74. The molecule has 0 saturated carbocycles. The monoisotopic (exact) mass is 235 g/mol. The lowest BCUT2D eigenvalue weighted by atomic mass is 10.1. The van der Waals surface area contributed by atoms with Gasteiger partial charge in [-0.25, -0.2) is 0 Å². The van der Waals surface area contributed by atoms with Crippen molar-refractivity contribution in [2.24, 2.45) is 5.73 Å². The van der Waals surface area contributed by atoms with Crippen molar-refractivity contribution in [1.82, 2.24) is 0 Å². The van der Waals surface area contributed by atoms with Gasteiger partial charge in [-0.3, -0.25) is 0 Å². The van der Waals surface area contributed by atoms with Crippen LogP contribution < -0.4 is 10.5 Å². The molecule has 0 aromatic heterocycles. The molecule has 2 rings (SSSR count). The van der Waals surface area contributed by atoms with Gasteiger partial charge in [-0.1, -0.05) is 17.7 Å². The van der Waals surface area contributed by atoms with E-state index in [0.717, 1.165) is 23.5 Å². The maximum Gasteiger partial charge on any atom is 0.133 e. The van der Waals surface area contributed by atoms with E-state index >= 15 is 0 Å². The first-order chi connectivity index (χ1) is 7.66. The molecule has 86 valence electrons. The quantitative estimate of drug-likeness (QED) is 0.818. The zero-order valence-electron chi connectivity index (χ0n) is 9.48. The number of benzene rings is 1. The highest BCUT2D eigenvalue weighted by molar-refractivity contribution is 7.99. The lowest BCUT2D eigenvalue weighted by Crippen LogP contribution is -2.42. The molecular formula is C13H17NOS. The molecule has 0 aliphatic carbocycles. The minimum absolute atomic E-state index is 0.0401. The Morgan fingerprint density at radius 2 is 2.38 bits per heavy atom. The summed E-state index contributed by atoms with van der Waals surface area (Å²) in [4.78, 5) is 1.21. The fraction of sp³-hybridized carbons (Fsp3) is 0.385. The minimum Gasteiger partial charge on any atom is -0.487 e. The summed E-state index contributed by atoms with van der Waals surface area (Å²) in [5.41, 5.74) is 7.22. The molecule has 0 saturated heterocycles. The average Bonchev–Trinajstić information content (AvgIpc) is 2.27. The second-order valence-corrected chi connectivity index (χ2v) is 5.30. The van der Waals surface area contributed by atoms with E-state index in [1.165, 1.54) is 4.90 Å². The molecule has 2 atom stereocenters. The van der Waals surface area contributed by atoms with Gasteiger partial charge in [-0.2, -0.15) is 0 Å². The Morgan fingerprint density at radius 1 is 1.62 bits per heavy atom. The maximum absolute atomic E-state index is 6.11. The summed E-state index contributed by atoms with van der Waals surface area (Å²) in [6.45, 7) is 5.90. The number of hydrogen-bond acceptors (Lipinski definition) is 3. The second-order valence-electron chi connectivity index (χ2n) is 4.24. The van der Waals surface area contributed by atoms with Gasteiger partial charge < -0.3 is 10.5 Å². The Morgan fingerprint density at radius 3 is 3.12 bits per heavy atom. The second kappa shape index (κ2) is 4.93. The van der Waals surface area contributed by atoms with Crippen LogP contribution in [0, 0.1) is 0 Å². The van der Waals surface area contributed by atoms with Gasteiger partial charge >= 0.3 is 0 Å². The first-order valence-corrected chi connectivity index (χ1v) is 6.44. The summed E-state index contributed by atoms with van der Waals surface area (Å²) < 4.78 is 5.91. The Balaban J connectivity index is 2.05. The predicted octanol–water partition coefficient (Wildman–Crippen LogP) is 2.83. The van der Waals surface area contributed by atoms with Crippen molar-refractivity contribution < 1.29 is 4.74 Å². The van der Waals surface area contributed by atoms with Crippen LogP contribution in [0.15, 0.2) is 41.3 Å². The van der Waals surface area contributed by atoms with Crippen LogP contribution in [0.25, 0.3) is 0 Å². The molecule has 0 amide bonds. The fourth-order valence-corrected chi connectivity index (χ4v) is 2.87. The molecule has 16 heavy (non-hydrogen) atoms. The van der Waals surface area contributed by atoms with Gasteiger partial charge in [-0.15, -0.1) is 18.3 Å². The Labute approximate surface area is 101 Å². The summed E-state index contributed by atoms with van der Waals surface area (Å²) in [6.07, 6.45) is 0.921. The van der Waals surface area contributed by atoms with E-state index in [0.29, 0.717) is 0 Å². The first-order valence-electron chi connectivity index (χ1n) is 5.45. The summed E-state index contributed by atoms with van der Waals surface area (Å²) in [5, 5.41) is 0. The van der Waals surface area contributed by atoms with Gasteiger partial charge in [0.2, 0.25) is 0 Å². The zero-order chi connectivity index (χ0) is 11.5. The highest BCUT2D eigenvalue weighted by atomic mass is 32.2. The van der Waals surface area contributed by atoms with Crippen LogP contribution in [0.3, 0.4) is 0 Å². The van der Waals surface area contributed by atoms with Gasteiger partial charge in [0.25, 0.3) is 0 Å². The average molecular weight is 235 g/mol. The van der Waals surface area contributed by atoms with Crippen LogP contribution in [0.2, 0.25) is 0 Å². The molecule has 0 radical (unpaired) electrons. The van der Waals surface area contributed by atoms with Gasteiger partial charge in [-0.05, 0) is 25.5 Å². The molecule has 0 spiro atoms. The molecule has 1 aliphatic rings. The van der Waals surface area contributed by atoms with Crippen molar-refractivity contribution in [2.45, 2.75) is 30.4 Å². The number of thioether (sulfide) groups is 1. The van der Waals surface area contributed by atoms with Crippen LogP contribution in [0.5, 0.6) is 5.75 Å². The molecule has 1 aliphatic heterocycles. The summed E-state index contributed by atoms with van der Waals surface area (Å²) in [5.74, 6) is 1.88. The van der Waals surface area contributed by atoms with Crippen molar-refractivity contribution >= 4 is 11.8 Å². The molecule has 1 heterocycles. The fourth-order valence-electron chi connectivity index (χ4n) is 1.78. The van der Waals surface area contributed by atoms with Crippen LogP contribution in [0.1, 0.15) is 13.3 Å². The van der Waals surface area contributed by atoms with Crippen molar-refractivity contribution in [1.29, 1.82) is 0 Å². The Hall–Kier alpha value is -0.930. The Kier molecular flexibility index (Phi) is 3.56. The standard InChI is InChI=1S/C13H17NOS/c1-9(2)7-10(14)12-8-16-13-6-4-3-5-11(13)15-12/h3-6,10,12H,1,7-8,14H2,2H3. The topological polar surface area (TPSA) is 35.2 Å². The van der Waals surface area contributed by atoms with E-state index in [4.69, 9.17) is 10.5 Å². The number of hydrogen-bond donors (Lipinski definition) is 1. The molecule has 0 fully saturated rings. The van der Waals surface area contributed by atoms with E-state index in [1.807, 2.05) is 36.9 Å². The largest absolute Gasteiger partial charge is 0.487 e. The zero-order valence-corrected chi connectivity index (χ0v) is 10.3. The van der Waals surface area contributed by atoms with Crippen LogP contribution in [-0.4, -0.2) is 17.9 Å². The molecular weight excluding hydrogens is 218 g/mol. The van der Waals surface area contributed by atoms with Crippen LogP contribution in [-0.2, 0) is 0 Å². The van der Waals surface area contributed by atoms with E-state index in [-0.39, 0.29) is 12.1 Å². The Bertz CT molecular complexity index is 391. The number of ether oxygens (including phenoxy) is 1. The maximum atomic E-state index is 6.11. The van der Waals surface area contributed by atoms with E-state index in [9.17, 15) is 0 Å². The van der Waals surface area contributed by atoms with Gasteiger partial charge in [0.15, 0.2) is 0 Å². The lowest BCUT2D eigenvalue weighted by Gasteiger charge is -2.29. The molecule has 2 nitrogen and oxygen atoms in total. The van der Waals surface area contributed by atoms with Crippen molar-refractivity contribution in [3.05, 3.63) is 36.4 Å². The number of fused-ring (bicyclic) bond motifs is 1. The third kappa shape index (κ3) is 2.60. The normalized spacial score (nSPS) is 20.8. The molecule has 3 heteroatoms. The van der Waals surface area contributed by atoms with Gasteiger partial charge in [0.1, 0.15) is 11.9 Å². The van der Waals surface area contributed by atoms with Gasteiger partial charge in [0, 0.05) is 16.7 Å². The van der Waals surface area contributed by atoms with E-state index in [1.54, 1.807) is 0 Å². The summed E-state index contributed by atoms with van der Waals surface area (Å²) >= 11 is 1.82. The predicted molar refractivity (Wildman–Crippen MR) is 69.0 cm³/mol. The van der Waals surface area contributed by atoms with Crippen molar-refractivity contribution in [3.63, 3.8) is 0 Å². The highest BCUT2D eigenvalue weighted by Gasteiger charge is 2.25. The smallest absolute Gasteiger partial charge is 0.133 e. The SMILES string of the molecule is C=C(C)CC(N)C1CSc2ccccc2O1. The van der Waals surface area contributed by atoms with E-state index in [2.05, 4.69) is 12.6 Å². The van der Waals surface area contributed by atoms with E-state index < -0.39 is 0 Å². The molecule has 1 aromatic carbocycles. The number of para-hydroxylation sites is 1.